The van der Waals surface area contributed by atoms with E-state index in [9.17, 15) is 21.6 Å². The lowest BCUT2D eigenvalue weighted by molar-refractivity contribution is -0.139. The summed E-state index contributed by atoms with van der Waals surface area (Å²) in [4.78, 5) is -0.839. The van der Waals surface area contributed by atoms with E-state index in [0.717, 1.165) is 12.1 Å². The molecule has 0 bridgehead atoms. The van der Waals surface area contributed by atoms with E-state index < -0.39 is 26.7 Å². The summed E-state index contributed by atoms with van der Waals surface area (Å²) in [7, 11) is -4.39. The maximum Gasteiger partial charge on any atom is 0.417 e. The molecular weight excluding hydrogens is 315 g/mol. The van der Waals surface area contributed by atoms with Gasteiger partial charge in [-0.05, 0) is 30.3 Å². The molecule has 0 atom stereocenters. The molecule has 0 unspecified atom stereocenters. The van der Waals surface area contributed by atoms with Crippen LogP contribution in [0.15, 0.2) is 53.4 Å². The summed E-state index contributed by atoms with van der Waals surface area (Å²) < 4.78 is 65.3. The normalized spacial score (nSPS) is 11.7. The van der Waals surface area contributed by atoms with E-state index in [2.05, 4.69) is 10.6 Å². The van der Waals surface area contributed by atoms with Crippen molar-refractivity contribution in [1.29, 1.82) is 0 Å². The lowest BCUT2D eigenvalue weighted by atomic mass is 10.2. The molecule has 0 aliphatic carbocycles. The summed E-state index contributed by atoms with van der Waals surface area (Å²) in [5, 5.41) is 0. The van der Waals surface area contributed by atoms with Crippen molar-refractivity contribution in [3.8, 4) is 12.3 Å². The van der Waals surface area contributed by atoms with Crippen LogP contribution in [0.4, 0.5) is 18.9 Å². The van der Waals surface area contributed by atoms with Crippen molar-refractivity contribution >= 4 is 15.7 Å². The van der Waals surface area contributed by atoms with E-state index in [0.29, 0.717) is 11.6 Å². The zero-order chi connectivity index (χ0) is 16.4. The fraction of sp³-hybridized carbons (Fsp3) is 0.0667. The van der Waals surface area contributed by atoms with Gasteiger partial charge in [0.1, 0.15) is 0 Å². The molecule has 0 radical (unpaired) electrons. The Labute approximate surface area is 125 Å². The maximum atomic E-state index is 12.9. The molecule has 0 saturated heterocycles. The highest BCUT2D eigenvalue weighted by Crippen LogP contribution is 2.34. The predicted octanol–water partition coefficient (Wildman–Crippen LogP) is 3.49. The maximum absolute atomic E-state index is 12.9. The van der Waals surface area contributed by atoms with Gasteiger partial charge in [0.15, 0.2) is 0 Å². The first kappa shape index (κ1) is 15.9. The van der Waals surface area contributed by atoms with Gasteiger partial charge in [-0.1, -0.05) is 24.1 Å². The summed E-state index contributed by atoms with van der Waals surface area (Å²) in [5.74, 6) is 2.31. The lowest BCUT2D eigenvalue weighted by Crippen LogP contribution is -2.18. The first-order chi connectivity index (χ1) is 10.2. The quantitative estimate of drug-likeness (QED) is 0.878. The van der Waals surface area contributed by atoms with E-state index in [4.69, 9.17) is 6.42 Å². The summed E-state index contributed by atoms with van der Waals surface area (Å²) in [6, 6.07) is 9.79. The molecule has 0 aromatic heterocycles. The molecule has 0 aliphatic rings. The molecule has 0 amide bonds. The van der Waals surface area contributed by atoms with Gasteiger partial charge >= 0.3 is 6.18 Å². The summed E-state index contributed by atoms with van der Waals surface area (Å²) >= 11 is 0. The van der Waals surface area contributed by atoms with Crippen LogP contribution in [-0.4, -0.2) is 8.42 Å². The molecule has 114 valence electrons. The molecule has 2 aromatic carbocycles. The van der Waals surface area contributed by atoms with Crippen LogP contribution in [0, 0.1) is 12.3 Å². The van der Waals surface area contributed by atoms with Crippen LogP contribution in [0.2, 0.25) is 0 Å². The number of nitrogens with one attached hydrogen (secondary N) is 1. The van der Waals surface area contributed by atoms with Crippen molar-refractivity contribution in [2.75, 3.05) is 4.72 Å². The lowest BCUT2D eigenvalue weighted by Gasteiger charge is -2.14. The van der Waals surface area contributed by atoms with Gasteiger partial charge in [-0.3, -0.25) is 4.72 Å². The van der Waals surface area contributed by atoms with Gasteiger partial charge in [0, 0.05) is 5.56 Å². The first-order valence-electron chi connectivity index (χ1n) is 6.00. The molecule has 0 saturated carbocycles. The molecular formula is C15H10F3NO2S. The number of terminal acetylenes is 1. The Bertz CT molecular complexity index is 836. The molecule has 7 heteroatoms. The Morgan fingerprint density at radius 2 is 1.73 bits per heavy atom. The average Bonchev–Trinajstić information content (AvgIpc) is 2.46. The average molecular weight is 325 g/mol. The van der Waals surface area contributed by atoms with Crippen molar-refractivity contribution in [3.63, 3.8) is 0 Å². The molecule has 2 aromatic rings. The van der Waals surface area contributed by atoms with Crippen LogP contribution in [0.1, 0.15) is 11.1 Å². The first-order valence-corrected chi connectivity index (χ1v) is 7.48. The number of anilines is 1. The second-order valence-corrected chi connectivity index (χ2v) is 5.98. The molecule has 0 aliphatic heterocycles. The van der Waals surface area contributed by atoms with E-state index in [1.807, 2.05) is 0 Å². The number of benzene rings is 2. The molecule has 0 spiro atoms. The van der Waals surface area contributed by atoms with Crippen molar-refractivity contribution in [2.45, 2.75) is 11.1 Å². The Morgan fingerprint density at radius 1 is 1.05 bits per heavy atom. The van der Waals surface area contributed by atoms with Gasteiger partial charge in [0.05, 0.1) is 16.1 Å². The third-order valence-corrected chi connectivity index (χ3v) is 4.20. The molecule has 0 fully saturated rings. The van der Waals surface area contributed by atoms with Gasteiger partial charge in [-0.2, -0.15) is 13.2 Å². The molecule has 0 heterocycles. The minimum absolute atomic E-state index is 0.0902. The van der Waals surface area contributed by atoms with E-state index in [1.165, 1.54) is 24.3 Å². The van der Waals surface area contributed by atoms with Crippen LogP contribution in [-0.2, 0) is 16.2 Å². The molecule has 22 heavy (non-hydrogen) atoms. The van der Waals surface area contributed by atoms with Crippen LogP contribution < -0.4 is 4.72 Å². The van der Waals surface area contributed by atoms with E-state index in [1.54, 1.807) is 6.07 Å². The van der Waals surface area contributed by atoms with Gasteiger partial charge in [0.25, 0.3) is 10.0 Å². The van der Waals surface area contributed by atoms with E-state index >= 15 is 0 Å². The van der Waals surface area contributed by atoms with Gasteiger partial charge in [-0.15, -0.1) is 6.42 Å². The van der Waals surface area contributed by atoms with Crippen molar-refractivity contribution in [3.05, 3.63) is 59.7 Å². The van der Waals surface area contributed by atoms with Gasteiger partial charge in [0.2, 0.25) is 0 Å². The number of hydrogen-bond donors (Lipinski definition) is 1. The van der Waals surface area contributed by atoms with Gasteiger partial charge in [-0.25, -0.2) is 8.42 Å². The Balaban J connectivity index is 2.46. The van der Waals surface area contributed by atoms with E-state index in [-0.39, 0.29) is 5.69 Å². The Kier molecular flexibility index (Phi) is 4.15. The zero-order valence-corrected chi connectivity index (χ0v) is 11.9. The SMILES string of the molecule is C#Cc1cccc(NS(=O)(=O)c2ccccc2C(F)(F)F)c1. The number of halogens is 3. The summed E-state index contributed by atoms with van der Waals surface area (Å²) in [6.45, 7) is 0. The highest BCUT2D eigenvalue weighted by Gasteiger charge is 2.36. The largest absolute Gasteiger partial charge is 0.417 e. The molecule has 3 nitrogen and oxygen atoms in total. The minimum atomic E-state index is -4.77. The third-order valence-electron chi connectivity index (χ3n) is 2.76. The summed E-state index contributed by atoms with van der Waals surface area (Å²) in [5.41, 5.74) is -0.729. The fourth-order valence-corrected chi connectivity index (χ4v) is 3.10. The third kappa shape index (κ3) is 3.40. The summed E-state index contributed by atoms with van der Waals surface area (Å²) in [6.07, 6.45) is 0.427. The standard InChI is InChI=1S/C15H10F3NO2S/c1-2-11-6-5-7-12(10-11)19-22(20,21)14-9-4-3-8-13(14)15(16,17)18/h1,3-10,19H. The number of rotatable bonds is 3. The van der Waals surface area contributed by atoms with Crippen LogP contribution in [0.5, 0.6) is 0 Å². The van der Waals surface area contributed by atoms with Gasteiger partial charge < -0.3 is 0 Å². The number of alkyl halides is 3. The predicted molar refractivity (Wildman–Crippen MR) is 76.6 cm³/mol. The molecule has 1 N–H and O–H groups in total. The molecule has 2 rings (SSSR count). The topological polar surface area (TPSA) is 46.2 Å². The Morgan fingerprint density at radius 3 is 2.36 bits per heavy atom. The number of hydrogen-bond acceptors (Lipinski definition) is 2. The number of sulfonamides is 1. The Hall–Kier alpha value is -2.46. The monoisotopic (exact) mass is 325 g/mol. The van der Waals surface area contributed by atoms with Crippen molar-refractivity contribution < 1.29 is 21.6 Å². The highest BCUT2D eigenvalue weighted by molar-refractivity contribution is 7.92. The van der Waals surface area contributed by atoms with Crippen LogP contribution in [0.25, 0.3) is 0 Å². The minimum Gasteiger partial charge on any atom is -0.280 e. The zero-order valence-electron chi connectivity index (χ0n) is 11.1. The van der Waals surface area contributed by atoms with Crippen LogP contribution in [0.3, 0.4) is 0 Å². The van der Waals surface area contributed by atoms with Crippen molar-refractivity contribution in [1.82, 2.24) is 0 Å². The fourth-order valence-electron chi connectivity index (χ4n) is 1.82. The smallest absolute Gasteiger partial charge is 0.280 e. The van der Waals surface area contributed by atoms with Crippen LogP contribution >= 0.6 is 0 Å². The highest BCUT2D eigenvalue weighted by atomic mass is 32.2. The second kappa shape index (κ2) is 5.73. The van der Waals surface area contributed by atoms with Crippen molar-refractivity contribution in [2.24, 2.45) is 0 Å². The second-order valence-electron chi connectivity index (χ2n) is 4.32.